The van der Waals surface area contributed by atoms with Crippen molar-refractivity contribution in [2.24, 2.45) is 17.8 Å². The van der Waals surface area contributed by atoms with Crippen molar-refractivity contribution in [3.63, 3.8) is 0 Å². The number of likely N-dealkylation sites (N-methyl/N-ethyl adjacent to an activating group) is 1. The number of nitrogens with zero attached hydrogens (tertiary/aromatic N) is 2. The topological polar surface area (TPSA) is 129 Å². The molecule has 11 heteroatoms. The van der Waals surface area contributed by atoms with Crippen molar-refractivity contribution in [1.82, 2.24) is 25.8 Å². The minimum Gasteiger partial charge on any atom is -0.379 e. The smallest absolute Gasteiger partial charge is 0.242 e. The van der Waals surface area contributed by atoms with E-state index in [1.807, 2.05) is 56.0 Å². The maximum Gasteiger partial charge on any atom is 0.242 e. The molecule has 0 saturated carbocycles. The van der Waals surface area contributed by atoms with E-state index in [1.54, 1.807) is 26.2 Å². The summed E-state index contributed by atoms with van der Waals surface area (Å²) in [6.45, 7) is 13.4. The van der Waals surface area contributed by atoms with Gasteiger partial charge in [-0.3, -0.25) is 19.2 Å². The van der Waals surface area contributed by atoms with Crippen LogP contribution in [0.2, 0.25) is 0 Å². The summed E-state index contributed by atoms with van der Waals surface area (Å²) < 4.78 is 11.8. The van der Waals surface area contributed by atoms with Crippen LogP contribution in [0.4, 0.5) is 0 Å². The molecular weight excluding hydrogens is 610 g/mol. The average molecular weight is 674 g/mol. The molecule has 1 saturated heterocycles. The Morgan fingerprint density at radius 1 is 0.979 bits per heavy atom. The number of rotatable bonds is 22. The lowest BCUT2D eigenvalue weighted by Gasteiger charge is -2.47. The summed E-state index contributed by atoms with van der Waals surface area (Å²) in [5.41, 5.74) is 1.15. The van der Waals surface area contributed by atoms with Gasteiger partial charge in [-0.25, -0.2) is 0 Å². The lowest BCUT2D eigenvalue weighted by molar-refractivity contribution is -0.156. The van der Waals surface area contributed by atoms with Crippen LogP contribution in [0.1, 0.15) is 79.2 Å². The molecular formula is C37H63N5O6. The Labute approximate surface area is 289 Å². The molecule has 1 aliphatic rings. The minimum absolute atomic E-state index is 0.0403. The molecule has 0 bridgehead atoms. The molecule has 1 fully saturated rings. The number of benzene rings is 1. The highest BCUT2D eigenvalue weighted by Gasteiger charge is 2.44. The van der Waals surface area contributed by atoms with E-state index in [-0.39, 0.29) is 60.5 Å². The van der Waals surface area contributed by atoms with E-state index < -0.39 is 24.2 Å². The van der Waals surface area contributed by atoms with Gasteiger partial charge in [-0.2, -0.15) is 0 Å². The molecule has 0 aromatic heterocycles. The second kappa shape index (κ2) is 21.1. The molecule has 7 atom stereocenters. The first-order valence-electron chi connectivity index (χ1n) is 17.9. The number of ether oxygens (including phenoxy) is 2. The molecule has 4 amide bonds. The first kappa shape index (κ1) is 41.2. The van der Waals surface area contributed by atoms with E-state index in [0.29, 0.717) is 19.6 Å². The highest BCUT2D eigenvalue weighted by molar-refractivity contribution is 5.88. The van der Waals surface area contributed by atoms with E-state index in [0.717, 1.165) is 37.7 Å². The molecule has 1 heterocycles. The zero-order valence-corrected chi connectivity index (χ0v) is 30.9. The molecule has 0 aliphatic carbocycles. The third kappa shape index (κ3) is 11.6. The Morgan fingerprint density at radius 2 is 1.67 bits per heavy atom. The van der Waals surface area contributed by atoms with E-state index >= 15 is 0 Å². The van der Waals surface area contributed by atoms with Gasteiger partial charge in [0.1, 0.15) is 0 Å². The molecule has 0 radical (unpaired) electrons. The predicted octanol–water partition coefficient (Wildman–Crippen LogP) is 3.41. The van der Waals surface area contributed by atoms with Crippen molar-refractivity contribution in [3.05, 3.63) is 35.9 Å². The number of nitrogens with one attached hydrogen (secondary N) is 3. The third-order valence-electron chi connectivity index (χ3n) is 9.89. The molecule has 2 rings (SSSR count). The molecule has 7 unspecified atom stereocenters. The number of hydrogen-bond donors (Lipinski definition) is 3. The highest BCUT2D eigenvalue weighted by atomic mass is 16.5. The lowest BCUT2D eigenvalue weighted by Crippen LogP contribution is -2.61. The Bertz CT molecular complexity index is 1130. The summed E-state index contributed by atoms with van der Waals surface area (Å²) >= 11 is 0. The monoisotopic (exact) mass is 673 g/mol. The van der Waals surface area contributed by atoms with Gasteiger partial charge in [0.05, 0.1) is 49.2 Å². The number of amides is 4. The van der Waals surface area contributed by atoms with Crippen molar-refractivity contribution >= 4 is 23.6 Å². The van der Waals surface area contributed by atoms with Crippen LogP contribution in [-0.2, 0) is 35.1 Å². The van der Waals surface area contributed by atoms with Gasteiger partial charge in [-0.1, -0.05) is 84.7 Å². The molecule has 11 nitrogen and oxygen atoms in total. The van der Waals surface area contributed by atoms with Crippen LogP contribution in [-0.4, -0.2) is 111 Å². The molecule has 48 heavy (non-hydrogen) atoms. The highest BCUT2D eigenvalue weighted by Crippen LogP contribution is 2.30. The zero-order chi connectivity index (χ0) is 35.8. The summed E-state index contributed by atoms with van der Waals surface area (Å²) in [7, 11) is 4.91. The van der Waals surface area contributed by atoms with Crippen LogP contribution in [0, 0.1) is 17.8 Å². The Balaban J connectivity index is 2.15. The van der Waals surface area contributed by atoms with Gasteiger partial charge in [0.2, 0.25) is 23.6 Å². The quantitative estimate of drug-likeness (QED) is 0.172. The Hall–Kier alpha value is -3.02. The van der Waals surface area contributed by atoms with Gasteiger partial charge in [-0.15, -0.1) is 0 Å². The van der Waals surface area contributed by atoms with Crippen molar-refractivity contribution in [3.8, 4) is 0 Å². The fraction of sp³-hybridized carbons (Fsp3) is 0.730. The fourth-order valence-corrected chi connectivity index (χ4v) is 6.70. The molecule has 1 aromatic rings. The van der Waals surface area contributed by atoms with Gasteiger partial charge in [0.25, 0.3) is 0 Å². The van der Waals surface area contributed by atoms with Crippen LogP contribution < -0.4 is 16.0 Å². The second-order valence-corrected chi connectivity index (χ2v) is 13.5. The SMILES string of the molecule is CCCCN(C(=O)CNC(=O)C(NC)C(C)C)C(C(C)CC)C(CC(=O)N1CCC1C(OC)C(C)C(=O)NCCc1ccccc1)OC. The van der Waals surface area contributed by atoms with E-state index in [2.05, 4.69) is 36.7 Å². The minimum atomic E-state index is -0.550. The molecule has 3 N–H and O–H groups in total. The Kier molecular flexibility index (Phi) is 18.1. The molecule has 0 spiro atoms. The maximum atomic E-state index is 13.9. The average Bonchev–Trinajstić information content (AvgIpc) is 3.06. The number of carbonyl (C=O) groups excluding carboxylic acids is 4. The van der Waals surface area contributed by atoms with E-state index in [1.165, 1.54) is 0 Å². The Morgan fingerprint density at radius 3 is 2.19 bits per heavy atom. The van der Waals surface area contributed by atoms with Crippen LogP contribution >= 0.6 is 0 Å². The van der Waals surface area contributed by atoms with Gasteiger partial charge in [-0.05, 0) is 43.7 Å². The number of hydrogen-bond acceptors (Lipinski definition) is 7. The van der Waals surface area contributed by atoms with Crippen molar-refractivity contribution < 1.29 is 28.7 Å². The predicted molar refractivity (Wildman–Crippen MR) is 189 cm³/mol. The number of carbonyl (C=O) groups is 4. The number of unbranched alkanes of at least 4 members (excludes halogenated alkanes) is 1. The first-order valence-corrected chi connectivity index (χ1v) is 17.9. The standard InChI is InChI=1S/C37H63N5O6/c1-10-12-21-42(32(44)24-40-37(46)33(38-7)25(3)4)34(26(5)11-2)30(47-8)23-31(43)41-22-19-29(41)35(48-9)27(6)36(45)39-20-18-28-16-14-13-15-17-28/h13-17,25-27,29-30,33-35,38H,10-12,18-24H2,1-9H3,(H,39,45)(H,40,46). The summed E-state index contributed by atoms with van der Waals surface area (Å²) in [6.07, 6.45) is 3.02. The van der Waals surface area contributed by atoms with Crippen LogP contribution in [0.3, 0.4) is 0 Å². The van der Waals surface area contributed by atoms with Crippen LogP contribution in [0.25, 0.3) is 0 Å². The van der Waals surface area contributed by atoms with Gasteiger partial charge in [0, 0.05) is 33.9 Å². The molecule has 1 aliphatic heterocycles. The summed E-state index contributed by atoms with van der Waals surface area (Å²) in [5, 5.41) is 8.88. The fourth-order valence-electron chi connectivity index (χ4n) is 6.70. The largest absolute Gasteiger partial charge is 0.379 e. The van der Waals surface area contributed by atoms with Crippen molar-refractivity contribution in [2.75, 3.05) is 47.4 Å². The number of likely N-dealkylation sites (tertiary alicyclic amines) is 1. The summed E-state index contributed by atoms with van der Waals surface area (Å²) in [5.74, 6) is -0.941. The zero-order valence-electron chi connectivity index (χ0n) is 30.9. The van der Waals surface area contributed by atoms with Crippen molar-refractivity contribution in [2.45, 2.75) is 110 Å². The van der Waals surface area contributed by atoms with E-state index in [9.17, 15) is 19.2 Å². The van der Waals surface area contributed by atoms with Crippen LogP contribution in [0.5, 0.6) is 0 Å². The molecule has 272 valence electrons. The van der Waals surface area contributed by atoms with Gasteiger partial charge < -0.3 is 35.2 Å². The first-order chi connectivity index (χ1) is 22.9. The summed E-state index contributed by atoms with van der Waals surface area (Å²) in [6, 6.07) is 9.01. The van der Waals surface area contributed by atoms with Gasteiger partial charge in [0.15, 0.2) is 0 Å². The third-order valence-corrected chi connectivity index (χ3v) is 9.89. The lowest BCUT2D eigenvalue weighted by atomic mass is 9.86. The van der Waals surface area contributed by atoms with Gasteiger partial charge >= 0.3 is 0 Å². The summed E-state index contributed by atoms with van der Waals surface area (Å²) in [4.78, 5) is 57.2. The maximum absolute atomic E-state index is 13.9. The van der Waals surface area contributed by atoms with Crippen molar-refractivity contribution in [1.29, 1.82) is 0 Å². The number of methoxy groups -OCH3 is 2. The van der Waals surface area contributed by atoms with Crippen LogP contribution in [0.15, 0.2) is 30.3 Å². The normalized spacial score (nSPS) is 18.2. The molecule has 1 aromatic carbocycles. The second-order valence-electron chi connectivity index (χ2n) is 13.5. The van der Waals surface area contributed by atoms with E-state index in [4.69, 9.17) is 9.47 Å².